The predicted octanol–water partition coefficient (Wildman–Crippen LogP) is 1.32. The van der Waals surface area contributed by atoms with E-state index in [1.54, 1.807) is 0 Å². The quantitative estimate of drug-likeness (QED) is 0.568. The van der Waals surface area contributed by atoms with Crippen LogP contribution in [0.1, 0.15) is 0 Å². The summed E-state index contributed by atoms with van der Waals surface area (Å²) in [4.78, 5) is 3.74. The summed E-state index contributed by atoms with van der Waals surface area (Å²) in [5.41, 5.74) is 2.07. The molecule has 1 aromatic heterocycles. The summed E-state index contributed by atoms with van der Waals surface area (Å²) >= 11 is 0. The van der Waals surface area contributed by atoms with Crippen LogP contribution < -0.4 is 20.7 Å². The summed E-state index contributed by atoms with van der Waals surface area (Å²) in [7, 11) is -2.71. The smallest absolute Gasteiger partial charge is 0.281 e. The predicted molar refractivity (Wildman–Crippen MR) is 75.8 cm³/mol. The van der Waals surface area contributed by atoms with Crippen LogP contribution in [0.5, 0.6) is 5.75 Å². The first-order chi connectivity index (χ1) is 9.97. The van der Waals surface area contributed by atoms with Crippen molar-refractivity contribution < 1.29 is 17.5 Å². The first kappa shape index (κ1) is 15.0. The third-order valence-electron chi connectivity index (χ3n) is 2.60. The summed E-state index contributed by atoms with van der Waals surface area (Å²) in [5.74, 6) is 4.81. The Morgan fingerprint density at radius 2 is 2.05 bits per heavy atom. The number of anilines is 2. The Hall–Kier alpha value is -2.39. The highest BCUT2D eigenvalue weighted by atomic mass is 32.2. The summed E-state index contributed by atoms with van der Waals surface area (Å²) in [6.07, 6.45) is 1.29. The number of hydrogen-bond donors (Lipinski definition) is 3. The SMILES string of the molecule is COc1ccc(F)c(NS(=O)(=O)c2ncccc2NN)c1. The van der Waals surface area contributed by atoms with Gasteiger partial charge >= 0.3 is 0 Å². The molecule has 9 heteroatoms. The number of methoxy groups -OCH3 is 1. The second kappa shape index (κ2) is 5.94. The number of nitrogens with zero attached hydrogens (tertiary/aromatic N) is 1. The number of nitrogens with one attached hydrogen (secondary N) is 2. The highest BCUT2D eigenvalue weighted by Gasteiger charge is 2.21. The van der Waals surface area contributed by atoms with Gasteiger partial charge in [0.2, 0.25) is 5.03 Å². The molecule has 1 heterocycles. The molecule has 2 aromatic rings. The normalized spacial score (nSPS) is 11.0. The topological polar surface area (TPSA) is 106 Å². The van der Waals surface area contributed by atoms with Crippen LogP contribution in [0.25, 0.3) is 0 Å². The fourth-order valence-corrected chi connectivity index (χ4v) is 2.78. The number of ether oxygens (including phenoxy) is 1. The van der Waals surface area contributed by atoms with E-state index in [4.69, 9.17) is 10.6 Å². The number of hydrazine groups is 1. The number of nitrogen functional groups attached to an aromatic ring is 1. The largest absolute Gasteiger partial charge is 0.497 e. The Bertz CT molecular complexity index is 752. The standard InChI is InChI=1S/C12H13FN4O3S/c1-20-8-4-5-9(13)11(7-8)17-21(18,19)12-10(16-14)3-2-6-15-12/h2-7,16-17H,14H2,1H3. The molecule has 0 atom stereocenters. The molecule has 4 N–H and O–H groups in total. The van der Waals surface area contributed by atoms with Gasteiger partial charge in [0.05, 0.1) is 18.5 Å². The molecule has 0 aliphatic carbocycles. The van der Waals surface area contributed by atoms with Gasteiger partial charge in [0.25, 0.3) is 10.0 Å². The molecule has 0 amide bonds. The van der Waals surface area contributed by atoms with E-state index in [9.17, 15) is 12.8 Å². The third-order valence-corrected chi connectivity index (χ3v) is 3.92. The lowest BCUT2D eigenvalue weighted by Gasteiger charge is -2.12. The van der Waals surface area contributed by atoms with Crippen LogP contribution in [-0.4, -0.2) is 20.5 Å². The van der Waals surface area contributed by atoms with E-state index in [-0.39, 0.29) is 16.4 Å². The first-order valence-electron chi connectivity index (χ1n) is 5.76. The highest BCUT2D eigenvalue weighted by molar-refractivity contribution is 7.92. The fourth-order valence-electron chi connectivity index (χ4n) is 1.62. The molecule has 21 heavy (non-hydrogen) atoms. The molecule has 0 fully saturated rings. The van der Waals surface area contributed by atoms with Crippen LogP contribution in [0.15, 0.2) is 41.6 Å². The van der Waals surface area contributed by atoms with E-state index in [0.29, 0.717) is 5.75 Å². The van der Waals surface area contributed by atoms with Crippen LogP contribution in [0.4, 0.5) is 15.8 Å². The molecule has 1 aromatic carbocycles. The zero-order valence-corrected chi connectivity index (χ0v) is 11.8. The van der Waals surface area contributed by atoms with Crippen LogP contribution in [-0.2, 0) is 10.0 Å². The molecule has 0 radical (unpaired) electrons. The lowest BCUT2D eigenvalue weighted by Crippen LogP contribution is -2.19. The zero-order valence-electron chi connectivity index (χ0n) is 11.0. The minimum absolute atomic E-state index is 0.0910. The van der Waals surface area contributed by atoms with Gasteiger partial charge in [-0.1, -0.05) is 0 Å². The van der Waals surface area contributed by atoms with Crippen molar-refractivity contribution in [1.82, 2.24) is 4.98 Å². The van der Waals surface area contributed by atoms with E-state index in [1.165, 1.54) is 37.6 Å². The minimum atomic E-state index is -4.10. The molecule has 0 aliphatic rings. The second-order valence-corrected chi connectivity index (χ2v) is 5.55. The Balaban J connectivity index is 2.42. The number of nitrogens with two attached hydrogens (primary N) is 1. The Morgan fingerprint density at radius 3 is 2.71 bits per heavy atom. The third kappa shape index (κ3) is 3.20. The van der Waals surface area contributed by atoms with Crippen molar-refractivity contribution in [1.29, 1.82) is 0 Å². The summed E-state index contributed by atoms with van der Waals surface area (Å²) in [6, 6.07) is 6.65. The van der Waals surface area contributed by atoms with Crippen molar-refractivity contribution in [3.63, 3.8) is 0 Å². The Kier molecular flexibility index (Phi) is 4.24. The average molecular weight is 312 g/mol. The van der Waals surface area contributed by atoms with Crippen LogP contribution in [0.3, 0.4) is 0 Å². The monoisotopic (exact) mass is 312 g/mol. The van der Waals surface area contributed by atoms with Crippen molar-refractivity contribution in [2.24, 2.45) is 5.84 Å². The lowest BCUT2D eigenvalue weighted by molar-refractivity contribution is 0.414. The van der Waals surface area contributed by atoms with Gasteiger partial charge in [0.1, 0.15) is 11.6 Å². The highest BCUT2D eigenvalue weighted by Crippen LogP contribution is 2.25. The number of hydrogen-bond acceptors (Lipinski definition) is 6. The van der Waals surface area contributed by atoms with Gasteiger partial charge in [-0.2, -0.15) is 8.42 Å². The van der Waals surface area contributed by atoms with Crippen molar-refractivity contribution in [2.45, 2.75) is 5.03 Å². The summed E-state index contributed by atoms with van der Waals surface area (Å²) in [5, 5.41) is -0.338. The van der Waals surface area contributed by atoms with Crippen LogP contribution >= 0.6 is 0 Å². The van der Waals surface area contributed by atoms with Crippen molar-refractivity contribution in [3.05, 3.63) is 42.3 Å². The molecule has 0 spiro atoms. The van der Waals surface area contributed by atoms with Gasteiger partial charge in [-0.3, -0.25) is 10.6 Å². The van der Waals surface area contributed by atoms with Gasteiger partial charge in [-0.05, 0) is 24.3 Å². The maximum atomic E-state index is 13.7. The number of halogens is 1. The minimum Gasteiger partial charge on any atom is -0.497 e. The molecular weight excluding hydrogens is 299 g/mol. The molecule has 0 unspecified atom stereocenters. The van der Waals surface area contributed by atoms with E-state index in [0.717, 1.165) is 6.07 Å². The number of sulfonamides is 1. The van der Waals surface area contributed by atoms with Crippen LogP contribution in [0, 0.1) is 5.82 Å². The van der Waals surface area contributed by atoms with Gasteiger partial charge in [0, 0.05) is 12.3 Å². The van der Waals surface area contributed by atoms with E-state index in [1.807, 2.05) is 0 Å². The summed E-state index contributed by atoms with van der Waals surface area (Å²) in [6.45, 7) is 0. The van der Waals surface area contributed by atoms with Gasteiger partial charge in [-0.15, -0.1) is 0 Å². The number of benzene rings is 1. The maximum Gasteiger partial charge on any atom is 0.281 e. The number of aromatic nitrogens is 1. The lowest BCUT2D eigenvalue weighted by atomic mass is 10.3. The second-order valence-electron chi connectivity index (χ2n) is 3.95. The zero-order chi connectivity index (χ0) is 15.5. The van der Waals surface area contributed by atoms with E-state index >= 15 is 0 Å². The molecule has 112 valence electrons. The molecular formula is C12H13FN4O3S. The Morgan fingerprint density at radius 1 is 1.29 bits per heavy atom. The number of pyridine rings is 1. The van der Waals surface area contributed by atoms with Crippen LogP contribution in [0.2, 0.25) is 0 Å². The average Bonchev–Trinajstić information content (AvgIpc) is 2.49. The molecule has 0 saturated carbocycles. The van der Waals surface area contributed by atoms with Crippen molar-refractivity contribution >= 4 is 21.4 Å². The Labute approximate surface area is 121 Å². The molecule has 2 rings (SSSR count). The molecule has 0 bridgehead atoms. The fraction of sp³-hybridized carbons (Fsp3) is 0.0833. The first-order valence-corrected chi connectivity index (χ1v) is 7.24. The summed E-state index contributed by atoms with van der Waals surface area (Å²) < 4.78 is 45.2. The van der Waals surface area contributed by atoms with Gasteiger partial charge in [-0.25, -0.2) is 9.37 Å². The van der Waals surface area contributed by atoms with Gasteiger partial charge < -0.3 is 10.2 Å². The van der Waals surface area contributed by atoms with Crippen molar-refractivity contribution in [2.75, 3.05) is 17.3 Å². The van der Waals surface area contributed by atoms with Gasteiger partial charge in [0.15, 0.2) is 0 Å². The van der Waals surface area contributed by atoms with E-state index in [2.05, 4.69) is 15.1 Å². The molecule has 7 nitrogen and oxygen atoms in total. The maximum absolute atomic E-state index is 13.7. The molecule has 0 saturated heterocycles. The van der Waals surface area contributed by atoms with Crippen molar-refractivity contribution in [3.8, 4) is 5.75 Å². The number of rotatable bonds is 5. The molecule has 0 aliphatic heterocycles. The van der Waals surface area contributed by atoms with E-state index < -0.39 is 15.8 Å².